The monoisotopic (exact) mass is 509 g/mol. The van der Waals surface area contributed by atoms with Gasteiger partial charge >= 0.3 is 0 Å². The van der Waals surface area contributed by atoms with Crippen LogP contribution in [0.5, 0.6) is 0 Å². The van der Waals surface area contributed by atoms with Gasteiger partial charge in [-0.05, 0) is 29.9 Å². The fourth-order valence-corrected chi connectivity index (χ4v) is 4.72. The molecule has 0 amide bonds. The SMILES string of the molecule is S=c1n(CN2CCOCC2)nc(-c2nc(-c3ccccc3)n(-c3ccccc3)n2)n1Cc1ccccc1. The molecule has 0 N–H and O–H groups in total. The summed E-state index contributed by atoms with van der Waals surface area (Å²) in [7, 11) is 0. The third-order valence-corrected chi connectivity index (χ3v) is 6.82. The second-order valence-corrected chi connectivity index (χ2v) is 9.29. The van der Waals surface area contributed by atoms with E-state index >= 15 is 0 Å². The quantitative estimate of drug-likeness (QED) is 0.297. The van der Waals surface area contributed by atoms with E-state index in [9.17, 15) is 0 Å². The van der Waals surface area contributed by atoms with Crippen LogP contribution < -0.4 is 0 Å². The molecule has 5 aromatic rings. The first-order chi connectivity index (χ1) is 18.3. The average molecular weight is 510 g/mol. The van der Waals surface area contributed by atoms with Crippen LogP contribution in [0.25, 0.3) is 28.7 Å². The average Bonchev–Trinajstić information content (AvgIpc) is 3.53. The van der Waals surface area contributed by atoms with E-state index in [1.807, 2.05) is 92.8 Å². The molecule has 2 aromatic heterocycles. The largest absolute Gasteiger partial charge is 0.379 e. The fraction of sp³-hybridized carbons (Fsp3) is 0.214. The van der Waals surface area contributed by atoms with Crippen molar-refractivity contribution in [2.75, 3.05) is 26.3 Å². The molecule has 0 radical (unpaired) electrons. The highest BCUT2D eigenvalue weighted by atomic mass is 32.1. The number of nitrogens with zero attached hydrogens (tertiary/aromatic N) is 7. The van der Waals surface area contributed by atoms with Gasteiger partial charge in [0.05, 0.1) is 32.1 Å². The van der Waals surface area contributed by atoms with Crippen LogP contribution in [-0.4, -0.2) is 60.3 Å². The maximum atomic E-state index is 5.95. The molecular formula is C28H27N7OS. The second kappa shape index (κ2) is 10.6. The number of morpholine rings is 1. The molecule has 9 heteroatoms. The van der Waals surface area contributed by atoms with E-state index in [2.05, 4.69) is 17.0 Å². The summed E-state index contributed by atoms with van der Waals surface area (Å²) in [4.78, 5) is 7.31. The maximum Gasteiger partial charge on any atom is 0.220 e. The molecule has 6 rings (SSSR count). The summed E-state index contributed by atoms with van der Waals surface area (Å²) in [5.41, 5.74) is 3.05. The van der Waals surface area contributed by atoms with Gasteiger partial charge < -0.3 is 4.74 Å². The van der Waals surface area contributed by atoms with Crippen molar-refractivity contribution in [3.8, 4) is 28.7 Å². The van der Waals surface area contributed by atoms with Gasteiger partial charge in [0, 0.05) is 18.7 Å². The minimum Gasteiger partial charge on any atom is -0.379 e. The van der Waals surface area contributed by atoms with Crippen LogP contribution in [0.3, 0.4) is 0 Å². The number of hydrogen-bond acceptors (Lipinski definition) is 6. The van der Waals surface area contributed by atoms with E-state index < -0.39 is 0 Å². The van der Waals surface area contributed by atoms with Crippen molar-refractivity contribution in [2.45, 2.75) is 13.2 Å². The lowest BCUT2D eigenvalue weighted by Gasteiger charge is -2.26. The Balaban J connectivity index is 1.48. The summed E-state index contributed by atoms with van der Waals surface area (Å²) in [5.74, 6) is 1.93. The Bertz CT molecular complexity index is 1460. The number of ether oxygens (including phenoxy) is 1. The van der Waals surface area contributed by atoms with Gasteiger partial charge in [0.2, 0.25) is 11.6 Å². The molecule has 3 heterocycles. The first-order valence-electron chi connectivity index (χ1n) is 12.4. The van der Waals surface area contributed by atoms with E-state index in [1.165, 1.54) is 0 Å². The molecule has 1 saturated heterocycles. The van der Waals surface area contributed by atoms with Crippen LogP contribution in [0.2, 0.25) is 0 Å². The molecule has 0 unspecified atom stereocenters. The minimum atomic E-state index is 0.533. The minimum absolute atomic E-state index is 0.533. The smallest absolute Gasteiger partial charge is 0.220 e. The zero-order valence-corrected chi connectivity index (χ0v) is 21.2. The highest BCUT2D eigenvalue weighted by Gasteiger charge is 2.22. The Morgan fingerprint density at radius 2 is 1.41 bits per heavy atom. The molecule has 0 aliphatic carbocycles. The molecule has 3 aromatic carbocycles. The number of rotatable bonds is 7. The predicted molar refractivity (Wildman–Crippen MR) is 145 cm³/mol. The van der Waals surface area contributed by atoms with Crippen molar-refractivity contribution >= 4 is 12.2 Å². The van der Waals surface area contributed by atoms with Crippen molar-refractivity contribution < 1.29 is 4.74 Å². The van der Waals surface area contributed by atoms with E-state index in [0.717, 1.165) is 35.7 Å². The van der Waals surface area contributed by atoms with Gasteiger partial charge in [-0.25, -0.2) is 14.3 Å². The van der Waals surface area contributed by atoms with Crippen LogP contribution in [-0.2, 0) is 18.0 Å². The summed E-state index contributed by atoms with van der Waals surface area (Å²) < 4.78 is 11.9. The molecule has 1 aliphatic heterocycles. The highest BCUT2D eigenvalue weighted by molar-refractivity contribution is 7.71. The molecule has 0 spiro atoms. The Kier molecular flexibility index (Phi) is 6.72. The third kappa shape index (κ3) is 5.01. The molecule has 0 atom stereocenters. The Morgan fingerprint density at radius 1 is 0.757 bits per heavy atom. The third-order valence-electron chi connectivity index (χ3n) is 6.38. The molecule has 0 bridgehead atoms. The maximum absolute atomic E-state index is 5.95. The van der Waals surface area contributed by atoms with Crippen LogP contribution >= 0.6 is 12.2 Å². The summed E-state index contributed by atoms with van der Waals surface area (Å²) >= 11 is 5.95. The molecule has 8 nitrogen and oxygen atoms in total. The zero-order chi connectivity index (χ0) is 25.0. The van der Waals surface area contributed by atoms with Crippen LogP contribution in [0.4, 0.5) is 0 Å². The summed E-state index contributed by atoms with van der Waals surface area (Å²) in [5, 5.41) is 9.93. The van der Waals surface area contributed by atoms with E-state index in [1.54, 1.807) is 0 Å². The fourth-order valence-electron chi connectivity index (χ4n) is 4.47. The van der Waals surface area contributed by atoms with Gasteiger partial charge in [-0.15, -0.1) is 10.2 Å². The van der Waals surface area contributed by atoms with Crippen molar-refractivity contribution in [1.82, 2.24) is 34.0 Å². The van der Waals surface area contributed by atoms with Gasteiger partial charge in [0.15, 0.2) is 10.6 Å². The van der Waals surface area contributed by atoms with Gasteiger partial charge in [-0.1, -0.05) is 78.9 Å². The lowest BCUT2D eigenvalue weighted by molar-refractivity contribution is 0.0209. The molecule has 37 heavy (non-hydrogen) atoms. The lowest BCUT2D eigenvalue weighted by Crippen LogP contribution is -2.37. The zero-order valence-electron chi connectivity index (χ0n) is 20.3. The molecule has 186 valence electrons. The van der Waals surface area contributed by atoms with Crippen LogP contribution in [0.15, 0.2) is 91.0 Å². The van der Waals surface area contributed by atoms with Gasteiger partial charge in [0.1, 0.15) is 0 Å². The second-order valence-electron chi connectivity index (χ2n) is 8.92. The molecular weight excluding hydrogens is 482 g/mol. The number of aromatic nitrogens is 6. The topological polar surface area (TPSA) is 65.9 Å². The Hall–Kier alpha value is -3.92. The normalized spacial score (nSPS) is 14.2. The summed E-state index contributed by atoms with van der Waals surface area (Å²) in [6, 6.07) is 30.4. The first kappa shape index (κ1) is 23.5. The van der Waals surface area contributed by atoms with Gasteiger partial charge in [0.25, 0.3) is 0 Å². The van der Waals surface area contributed by atoms with Crippen LogP contribution in [0.1, 0.15) is 5.56 Å². The summed E-state index contributed by atoms with van der Waals surface area (Å²) in [6.45, 7) is 4.31. The van der Waals surface area contributed by atoms with Crippen LogP contribution in [0, 0.1) is 4.77 Å². The van der Waals surface area contributed by atoms with Gasteiger partial charge in [-0.2, -0.15) is 0 Å². The number of benzene rings is 3. The predicted octanol–water partition coefficient (Wildman–Crippen LogP) is 4.67. The Labute approximate surface area is 220 Å². The van der Waals surface area contributed by atoms with E-state index in [-0.39, 0.29) is 0 Å². The van der Waals surface area contributed by atoms with Crippen molar-refractivity contribution in [2.24, 2.45) is 0 Å². The van der Waals surface area contributed by atoms with Crippen molar-refractivity contribution in [1.29, 1.82) is 0 Å². The van der Waals surface area contributed by atoms with E-state index in [4.69, 9.17) is 32.1 Å². The van der Waals surface area contributed by atoms with E-state index in [0.29, 0.717) is 42.8 Å². The first-order valence-corrected chi connectivity index (χ1v) is 12.8. The molecule has 0 saturated carbocycles. The Morgan fingerprint density at radius 3 is 2.11 bits per heavy atom. The lowest BCUT2D eigenvalue weighted by atomic mass is 10.2. The van der Waals surface area contributed by atoms with Crippen molar-refractivity contribution in [3.63, 3.8) is 0 Å². The molecule has 1 fully saturated rings. The number of hydrogen-bond donors (Lipinski definition) is 0. The number of para-hydroxylation sites is 1. The van der Waals surface area contributed by atoms with Crippen molar-refractivity contribution in [3.05, 3.63) is 101 Å². The van der Waals surface area contributed by atoms with Gasteiger partial charge in [-0.3, -0.25) is 9.47 Å². The highest BCUT2D eigenvalue weighted by Crippen LogP contribution is 2.25. The molecule has 1 aliphatic rings. The standard InChI is InChI=1S/C28H27N7OS/c37-28-33(20-22-10-4-1-5-11-22)27(31-34(28)21-32-16-18-36-19-17-32)25-29-26(23-12-6-2-7-13-23)35(30-25)24-14-8-3-9-15-24/h1-15H,16-21H2. The summed E-state index contributed by atoms with van der Waals surface area (Å²) in [6.07, 6.45) is 0.